The molecule has 0 unspecified atom stereocenters. The largest absolute Gasteiger partial charge is 0.459 e. The Labute approximate surface area is 380 Å². The van der Waals surface area contributed by atoms with E-state index in [1.165, 1.54) is 36.4 Å². The Morgan fingerprint density at radius 1 is 1.09 bits per heavy atom. The fourth-order valence-electron chi connectivity index (χ4n) is 8.00. The Bertz CT molecular complexity index is 2690. The van der Waals surface area contributed by atoms with Gasteiger partial charge in [0.25, 0.3) is 11.9 Å². The van der Waals surface area contributed by atoms with Crippen molar-refractivity contribution in [2.75, 3.05) is 20.6 Å². The first-order valence-corrected chi connectivity index (χ1v) is 23.8. The van der Waals surface area contributed by atoms with Crippen molar-refractivity contribution >= 4 is 56.4 Å². The minimum atomic E-state index is -4.24. The van der Waals surface area contributed by atoms with Gasteiger partial charge in [0.2, 0.25) is 11.8 Å². The summed E-state index contributed by atoms with van der Waals surface area (Å²) in [7, 11) is -1.71. The van der Waals surface area contributed by atoms with Crippen molar-refractivity contribution < 1.29 is 45.9 Å². The third-order valence-corrected chi connectivity index (χ3v) is 13.7. The molecule has 0 spiro atoms. The number of hydrogen-bond donors (Lipinski definition) is 3. The van der Waals surface area contributed by atoms with E-state index >= 15 is 0 Å². The van der Waals surface area contributed by atoms with Gasteiger partial charge in [-0.3, -0.25) is 19.0 Å². The van der Waals surface area contributed by atoms with Crippen LogP contribution in [0.4, 0.5) is 13.6 Å². The van der Waals surface area contributed by atoms with Crippen LogP contribution in [-0.2, 0) is 35.8 Å². The summed E-state index contributed by atoms with van der Waals surface area (Å²) in [6.07, 6.45) is 3.15. The molecule has 20 heteroatoms. The van der Waals surface area contributed by atoms with Gasteiger partial charge in [0.05, 0.1) is 17.8 Å². The number of para-hydroxylation sites is 1. The number of halogens is 2. The van der Waals surface area contributed by atoms with Crippen LogP contribution >= 0.6 is 11.3 Å². The van der Waals surface area contributed by atoms with Crippen LogP contribution in [0.5, 0.6) is 6.01 Å². The van der Waals surface area contributed by atoms with Crippen molar-refractivity contribution in [2.24, 2.45) is 0 Å². The van der Waals surface area contributed by atoms with E-state index < -0.39 is 75.0 Å². The summed E-state index contributed by atoms with van der Waals surface area (Å²) in [4.78, 5) is 67.3. The molecule has 7 rings (SSSR count). The second-order valence-electron chi connectivity index (χ2n) is 18.0. The van der Waals surface area contributed by atoms with E-state index in [0.717, 1.165) is 22.0 Å². The van der Waals surface area contributed by atoms with E-state index in [4.69, 9.17) is 19.4 Å². The van der Waals surface area contributed by atoms with E-state index in [-0.39, 0.29) is 44.3 Å². The maximum Gasteiger partial charge on any atom is 0.408 e. The standard InChI is InChI=1S/C45H54F2N8O8S2/c1-26(2)55-35-17-13-15-31(39-48-29(25-64-39)20-27-18-19-32(46)33(47)21-27)37(35)50-42(55)62-30-22-36-38(56)51-45(41(58)52-65(60,61)53(6)7)23-28(45)14-11-9-8-10-12-16-34(40(57)54(36)24-30)49-43(59)63-44(3,4)5/h11,13,15,17-19,21,25-26,30,34,36H,8-10,12,16,20,22-24H2,1-7H3,(H,49,59)(H,51,56)(H,52,58)/t14?,30-,34+,36+,45-/m1/s1. The first kappa shape index (κ1) is 47.3. The molecule has 2 aromatic carbocycles. The molecule has 2 fully saturated rings. The maximum absolute atomic E-state index is 14.7. The number of nitrogens with zero attached hydrogens (tertiary/aromatic N) is 5. The lowest BCUT2D eigenvalue weighted by Crippen LogP contribution is -2.58. The van der Waals surface area contributed by atoms with Gasteiger partial charge in [0.1, 0.15) is 34.3 Å². The Morgan fingerprint density at radius 2 is 1.86 bits per heavy atom. The molecule has 0 bridgehead atoms. The average Bonchev–Trinajstić information content (AvgIpc) is 3.53. The van der Waals surface area contributed by atoms with Crippen molar-refractivity contribution in [1.82, 2.24) is 39.1 Å². The summed E-state index contributed by atoms with van der Waals surface area (Å²) in [6, 6.07) is 7.14. The number of alkyl carbamates (subject to hydrolysis) is 1. The lowest BCUT2D eigenvalue weighted by molar-refractivity contribution is -0.141. The number of fused-ring (bicyclic) bond motifs is 3. The number of imidazole rings is 1. The summed E-state index contributed by atoms with van der Waals surface area (Å²) in [5, 5.41) is 8.01. The van der Waals surface area contributed by atoms with Gasteiger partial charge >= 0.3 is 16.3 Å². The van der Waals surface area contributed by atoms with E-state index in [0.29, 0.717) is 58.6 Å². The molecule has 348 valence electrons. The number of hydrogen-bond acceptors (Lipinski definition) is 11. The van der Waals surface area contributed by atoms with Crippen LogP contribution in [0.25, 0.3) is 21.6 Å². The molecule has 3 N–H and O–H groups in total. The maximum atomic E-state index is 14.7. The number of rotatable bonds is 10. The zero-order valence-electron chi connectivity index (χ0n) is 37.4. The fourth-order valence-corrected chi connectivity index (χ4v) is 9.43. The van der Waals surface area contributed by atoms with E-state index in [9.17, 15) is 36.4 Å². The lowest BCUT2D eigenvalue weighted by Gasteiger charge is -2.30. The summed E-state index contributed by atoms with van der Waals surface area (Å²) >= 11 is 1.38. The van der Waals surface area contributed by atoms with Crippen LogP contribution in [0.2, 0.25) is 0 Å². The average molecular weight is 937 g/mol. The minimum Gasteiger partial charge on any atom is -0.459 e. The quantitative estimate of drug-likeness (QED) is 0.157. The van der Waals surface area contributed by atoms with Crippen LogP contribution in [0.3, 0.4) is 0 Å². The molecule has 4 aromatic rings. The number of aromatic nitrogens is 3. The van der Waals surface area contributed by atoms with Gasteiger partial charge in [0.15, 0.2) is 17.2 Å². The van der Waals surface area contributed by atoms with Crippen LogP contribution in [0.15, 0.2) is 59.2 Å². The van der Waals surface area contributed by atoms with Gasteiger partial charge < -0.3 is 25.0 Å². The highest BCUT2D eigenvalue weighted by molar-refractivity contribution is 7.87. The molecule has 1 saturated heterocycles. The first-order valence-electron chi connectivity index (χ1n) is 21.5. The second-order valence-corrected chi connectivity index (χ2v) is 20.8. The third kappa shape index (κ3) is 10.6. The first-order chi connectivity index (χ1) is 30.7. The number of ether oxygens (including phenoxy) is 2. The van der Waals surface area contributed by atoms with E-state index in [1.807, 2.05) is 42.0 Å². The molecule has 2 aliphatic heterocycles. The van der Waals surface area contributed by atoms with Crippen molar-refractivity contribution in [3.63, 3.8) is 0 Å². The summed E-state index contributed by atoms with van der Waals surface area (Å²) in [5.74, 6) is -4.11. The summed E-state index contributed by atoms with van der Waals surface area (Å²) in [6.45, 7) is 8.94. The molecule has 65 heavy (non-hydrogen) atoms. The van der Waals surface area contributed by atoms with E-state index in [2.05, 4.69) is 21.1 Å². The number of nitrogens with one attached hydrogen (secondary N) is 3. The van der Waals surface area contributed by atoms with Gasteiger partial charge in [-0.1, -0.05) is 25.0 Å². The molecule has 2 aromatic heterocycles. The molecule has 0 radical (unpaired) electrons. The Kier molecular flexibility index (Phi) is 13.6. The van der Waals surface area contributed by atoms with Crippen molar-refractivity contribution in [3.8, 4) is 16.6 Å². The van der Waals surface area contributed by atoms with Crippen LogP contribution in [0, 0.1) is 11.6 Å². The molecule has 4 amide bonds. The van der Waals surface area contributed by atoms with Gasteiger partial charge in [-0.25, -0.2) is 23.3 Å². The van der Waals surface area contributed by atoms with Crippen molar-refractivity contribution in [2.45, 2.75) is 121 Å². The Morgan fingerprint density at radius 3 is 2.57 bits per heavy atom. The highest BCUT2D eigenvalue weighted by Gasteiger charge is 2.59. The lowest BCUT2D eigenvalue weighted by atomic mass is 10.1. The SMILES string of the molecule is CC(C)n1c(O[C@@H]2C[C@H]3C(=O)N[C@]4(C(=O)NS(=O)(=O)N(C)C)CC4=C=CCCCCC[C@H](NC(=O)OC(C)(C)C)C(=O)N3C2)nc2c(-c3nc(Cc4ccc(F)c(F)c4)cs3)cccc21. The molecule has 4 atom stereocenters. The number of carbonyl (C=O) groups excluding carboxylic acids is 4. The number of thiazole rings is 1. The molecule has 1 saturated carbocycles. The predicted octanol–water partition coefficient (Wildman–Crippen LogP) is 6.08. The minimum absolute atomic E-state index is 0.000429. The Balaban J connectivity index is 1.22. The van der Waals surface area contributed by atoms with Gasteiger partial charge in [-0.05, 0) is 89.8 Å². The third-order valence-electron chi connectivity index (χ3n) is 11.3. The predicted molar refractivity (Wildman–Crippen MR) is 239 cm³/mol. The molecule has 4 heterocycles. The molecule has 16 nitrogen and oxygen atoms in total. The van der Waals surface area contributed by atoms with Gasteiger partial charge in [-0.2, -0.15) is 17.7 Å². The number of amides is 4. The second kappa shape index (κ2) is 18.7. The monoisotopic (exact) mass is 936 g/mol. The summed E-state index contributed by atoms with van der Waals surface area (Å²) < 4.78 is 70.2. The number of benzene rings is 2. The normalized spacial score (nSPS) is 21.9. The Hall–Kier alpha value is -5.69. The van der Waals surface area contributed by atoms with Gasteiger partial charge in [-0.15, -0.1) is 17.1 Å². The summed E-state index contributed by atoms with van der Waals surface area (Å²) in [5.41, 5.74) is 4.13. The highest BCUT2D eigenvalue weighted by atomic mass is 32.2. The van der Waals surface area contributed by atoms with Gasteiger partial charge in [0, 0.05) is 55.9 Å². The van der Waals surface area contributed by atoms with Crippen LogP contribution < -0.4 is 20.1 Å². The fraction of sp³-hybridized carbons (Fsp3) is 0.489. The van der Waals surface area contributed by atoms with Crippen molar-refractivity contribution in [3.05, 3.63) is 82.1 Å². The van der Waals surface area contributed by atoms with Crippen molar-refractivity contribution in [1.29, 1.82) is 0 Å². The zero-order valence-corrected chi connectivity index (χ0v) is 39.0. The highest BCUT2D eigenvalue weighted by Crippen LogP contribution is 2.43. The van der Waals surface area contributed by atoms with Crippen LogP contribution in [-0.4, -0.2) is 106 Å². The zero-order chi connectivity index (χ0) is 47.0. The van der Waals surface area contributed by atoms with Crippen LogP contribution in [0.1, 0.15) is 96.9 Å². The molecule has 3 aliphatic rings. The smallest absolute Gasteiger partial charge is 0.408 e. The topological polar surface area (TPSA) is 194 Å². The van der Waals surface area contributed by atoms with E-state index in [1.54, 1.807) is 26.8 Å². The molecular formula is C45H54F2N8O8S2. The number of carbonyl (C=O) groups is 4. The molecule has 1 aliphatic carbocycles. The molecular weight excluding hydrogens is 883 g/mol.